The average molecular weight is 364 g/mol. The second kappa shape index (κ2) is 6.98. The summed E-state index contributed by atoms with van der Waals surface area (Å²) >= 11 is 0. The maximum Gasteiger partial charge on any atom is 0.275 e. The molecule has 0 aliphatic carbocycles. The van der Waals surface area contributed by atoms with Gasteiger partial charge in [0, 0.05) is 50.4 Å². The van der Waals surface area contributed by atoms with Crippen LogP contribution in [0.15, 0.2) is 36.7 Å². The predicted octanol–water partition coefficient (Wildman–Crippen LogP) is 2.41. The number of anilines is 1. The van der Waals surface area contributed by atoms with Crippen molar-refractivity contribution in [3.63, 3.8) is 0 Å². The van der Waals surface area contributed by atoms with Crippen molar-refractivity contribution in [1.29, 1.82) is 0 Å². The predicted molar refractivity (Wildman–Crippen MR) is 105 cm³/mol. The van der Waals surface area contributed by atoms with Crippen molar-refractivity contribution in [1.82, 2.24) is 24.6 Å². The van der Waals surface area contributed by atoms with Crippen LogP contribution in [-0.2, 0) is 7.05 Å². The van der Waals surface area contributed by atoms with Crippen LogP contribution in [0.5, 0.6) is 0 Å². The molecule has 0 radical (unpaired) electrons. The molecule has 1 saturated heterocycles. The number of likely N-dealkylation sites (tertiary alicyclic amines) is 1. The molecule has 7 nitrogen and oxygen atoms in total. The zero-order valence-corrected chi connectivity index (χ0v) is 16.0. The molecule has 3 heterocycles. The molecule has 0 unspecified atom stereocenters. The maximum atomic E-state index is 13.0. The molecule has 140 valence electrons. The summed E-state index contributed by atoms with van der Waals surface area (Å²) in [5, 5.41) is 5.39. The van der Waals surface area contributed by atoms with Crippen molar-refractivity contribution < 1.29 is 4.79 Å². The average Bonchev–Trinajstić information content (AvgIpc) is 3.04. The highest BCUT2D eigenvalue weighted by molar-refractivity contribution is 6.04. The summed E-state index contributed by atoms with van der Waals surface area (Å²) in [5.74, 6) is 0.953. The van der Waals surface area contributed by atoms with E-state index in [4.69, 9.17) is 0 Å². The Bertz CT molecular complexity index is 974. The Labute approximate surface area is 158 Å². The van der Waals surface area contributed by atoms with Gasteiger partial charge < -0.3 is 9.80 Å². The van der Waals surface area contributed by atoms with Crippen LogP contribution in [-0.4, -0.2) is 56.7 Å². The van der Waals surface area contributed by atoms with Gasteiger partial charge in [-0.3, -0.25) is 9.48 Å². The summed E-state index contributed by atoms with van der Waals surface area (Å²) in [7, 11) is 3.94. The van der Waals surface area contributed by atoms with Crippen LogP contribution in [0.2, 0.25) is 0 Å². The molecular weight excluding hydrogens is 340 g/mol. The summed E-state index contributed by atoms with van der Waals surface area (Å²) in [4.78, 5) is 25.7. The number of nitrogens with zero attached hydrogens (tertiary/aromatic N) is 6. The van der Waals surface area contributed by atoms with E-state index in [-0.39, 0.29) is 5.91 Å². The van der Waals surface area contributed by atoms with Gasteiger partial charge in [-0.1, -0.05) is 18.2 Å². The summed E-state index contributed by atoms with van der Waals surface area (Å²) in [5.41, 5.74) is 2.49. The minimum atomic E-state index is 0.0192. The van der Waals surface area contributed by atoms with Crippen molar-refractivity contribution in [3.05, 3.63) is 48.0 Å². The third kappa shape index (κ3) is 3.25. The highest BCUT2D eigenvalue weighted by Gasteiger charge is 2.28. The fraction of sp³-hybridized carbons (Fsp3) is 0.400. The topological polar surface area (TPSA) is 67.2 Å². The van der Waals surface area contributed by atoms with Crippen LogP contribution in [0.4, 0.5) is 5.82 Å². The zero-order chi connectivity index (χ0) is 19.0. The number of benzene rings is 1. The first kappa shape index (κ1) is 17.5. The lowest BCUT2D eigenvalue weighted by atomic mass is 10.0. The Kier molecular flexibility index (Phi) is 4.51. The summed E-state index contributed by atoms with van der Waals surface area (Å²) in [6.07, 6.45) is 3.43. The lowest BCUT2D eigenvalue weighted by Gasteiger charge is -2.37. The van der Waals surface area contributed by atoms with Gasteiger partial charge in [0.1, 0.15) is 12.1 Å². The number of fused-ring (bicyclic) bond motifs is 1. The van der Waals surface area contributed by atoms with Crippen LogP contribution in [0.25, 0.3) is 10.9 Å². The SMILES string of the molecule is Cc1cc(N(C)C2CCN(C(=O)c3nn(C)c4ccccc34)CC2)ncn1. The second-order valence-electron chi connectivity index (χ2n) is 7.14. The lowest BCUT2D eigenvalue weighted by molar-refractivity contribution is 0.0708. The molecule has 0 atom stereocenters. The van der Waals surface area contributed by atoms with Crippen molar-refractivity contribution >= 4 is 22.6 Å². The van der Waals surface area contributed by atoms with Crippen molar-refractivity contribution in [2.24, 2.45) is 7.05 Å². The Morgan fingerprint density at radius 1 is 1.19 bits per heavy atom. The molecule has 27 heavy (non-hydrogen) atoms. The zero-order valence-electron chi connectivity index (χ0n) is 16.0. The molecule has 2 aromatic heterocycles. The molecule has 3 aromatic rings. The first-order chi connectivity index (χ1) is 13.0. The number of rotatable bonds is 3. The molecule has 0 N–H and O–H groups in total. The number of aryl methyl sites for hydroxylation is 2. The quantitative estimate of drug-likeness (QED) is 0.714. The number of para-hydroxylation sites is 1. The molecule has 0 bridgehead atoms. The molecular formula is C20H24N6O. The van der Waals surface area contributed by atoms with E-state index in [1.165, 1.54) is 0 Å². The van der Waals surface area contributed by atoms with Gasteiger partial charge in [0.05, 0.1) is 5.52 Å². The van der Waals surface area contributed by atoms with Gasteiger partial charge in [-0.15, -0.1) is 0 Å². The third-order valence-electron chi connectivity index (χ3n) is 5.41. The summed E-state index contributed by atoms with van der Waals surface area (Å²) < 4.78 is 1.78. The van der Waals surface area contributed by atoms with Gasteiger partial charge in [-0.2, -0.15) is 5.10 Å². The van der Waals surface area contributed by atoms with Crippen LogP contribution >= 0.6 is 0 Å². The standard InChI is InChI=1S/C20H24N6O/c1-14-12-18(22-13-21-14)24(2)15-8-10-26(11-9-15)20(27)19-16-6-4-5-7-17(16)25(3)23-19/h4-7,12-13,15H,8-11H2,1-3H3. The number of hydrogen-bond acceptors (Lipinski definition) is 5. The monoisotopic (exact) mass is 364 g/mol. The lowest BCUT2D eigenvalue weighted by Crippen LogP contribution is -2.46. The highest BCUT2D eigenvalue weighted by atomic mass is 16.2. The fourth-order valence-electron chi connectivity index (χ4n) is 3.80. The van der Waals surface area contributed by atoms with E-state index in [0.29, 0.717) is 11.7 Å². The number of hydrogen-bond donors (Lipinski definition) is 0. The van der Waals surface area contributed by atoms with Gasteiger partial charge >= 0.3 is 0 Å². The van der Waals surface area contributed by atoms with E-state index >= 15 is 0 Å². The number of carbonyl (C=O) groups is 1. The molecule has 0 saturated carbocycles. The van der Waals surface area contributed by atoms with Crippen LogP contribution in [0.3, 0.4) is 0 Å². The number of carbonyl (C=O) groups excluding carboxylic acids is 1. The number of piperidine rings is 1. The van der Waals surface area contributed by atoms with Crippen LogP contribution in [0, 0.1) is 6.92 Å². The maximum absolute atomic E-state index is 13.0. The molecule has 7 heteroatoms. The van der Waals surface area contributed by atoms with E-state index < -0.39 is 0 Å². The molecule has 1 aliphatic rings. The smallest absolute Gasteiger partial charge is 0.275 e. The van der Waals surface area contributed by atoms with E-state index in [2.05, 4.69) is 27.0 Å². The Morgan fingerprint density at radius 3 is 2.67 bits per heavy atom. The van der Waals surface area contributed by atoms with Crippen molar-refractivity contribution in [2.75, 3.05) is 25.0 Å². The van der Waals surface area contributed by atoms with Gasteiger partial charge in [-0.25, -0.2) is 9.97 Å². The van der Waals surface area contributed by atoms with Crippen molar-refractivity contribution in [3.8, 4) is 0 Å². The van der Waals surface area contributed by atoms with Crippen LogP contribution in [0.1, 0.15) is 29.0 Å². The molecule has 1 aliphatic heterocycles. The van der Waals surface area contributed by atoms with Gasteiger partial charge in [0.2, 0.25) is 0 Å². The molecule has 1 fully saturated rings. The molecule has 0 spiro atoms. The van der Waals surface area contributed by atoms with E-state index in [1.54, 1.807) is 11.0 Å². The number of aromatic nitrogens is 4. The normalized spacial score (nSPS) is 15.3. The minimum Gasteiger partial charge on any atom is -0.356 e. The van der Waals surface area contributed by atoms with E-state index in [0.717, 1.165) is 48.3 Å². The third-order valence-corrected chi connectivity index (χ3v) is 5.41. The summed E-state index contributed by atoms with van der Waals surface area (Å²) in [6, 6.07) is 10.2. The largest absolute Gasteiger partial charge is 0.356 e. The number of amides is 1. The fourth-order valence-corrected chi connectivity index (χ4v) is 3.80. The Morgan fingerprint density at radius 2 is 1.93 bits per heavy atom. The first-order valence-corrected chi connectivity index (χ1v) is 9.27. The van der Waals surface area contributed by atoms with E-state index in [9.17, 15) is 4.79 Å². The minimum absolute atomic E-state index is 0.0192. The second-order valence-corrected chi connectivity index (χ2v) is 7.14. The van der Waals surface area contributed by atoms with Gasteiger partial charge in [0.15, 0.2) is 5.69 Å². The molecule has 1 aromatic carbocycles. The Balaban J connectivity index is 1.46. The van der Waals surface area contributed by atoms with Crippen LogP contribution < -0.4 is 4.90 Å². The van der Waals surface area contributed by atoms with E-state index in [1.807, 2.05) is 49.2 Å². The highest BCUT2D eigenvalue weighted by Crippen LogP contribution is 2.24. The molecule has 4 rings (SSSR count). The molecule has 1 amide bonds. The van der Waals surface area contributed by atoms with Crippen molar-refractivity contribution in [2.45, 2.75) is 25.8 Å². The summed E-state index contributed by atoms with van der Waals surface area (Å²) in [6.45, 7) is 3.42. The first-order valence-electron chi connectivity index (χ1n) is 9.27. The van der Waals surface area contributed by atoms with Gasteiger partial charge in [-0.05, 0) is 25.8 Å². The Hall–Kier alpha value is -2.96. The van der Waals surface area contributed by atoms with Gasteiger partial charge in [0.25, 0.3) is 5.91 Å².